The molecule has 0 aromatic carbocycles. The monoisotopic (exact) mass is 241 g/mol. The number of rotatable bonds is 7. The molecule has 0 spiro atoms. The molecule has 1 atom stereocenters. The van der Waals surface area contributed by atoms with Crippen molar-refractivity contribution in [2.45, 2.75) is 51.0 Å². The van der Waals surface area contributed by atoms with Gasteiger partial charge in [0.15, 0.2) is 0 Å². The average molecular weight is 241 g/mol. The Morgan fingerprint density at radius 1 is 1.29 bits per heavy atom. The SMILES string of the molecule is NC(=O)CCCCNC(=O)CC1CCCCN1. The van der Waals surface area contributed by atoms with Gasteiger partial charge in [0.1, 0.15) is 0 Å². The van der Waals surface area contributed by atoms with Gasteiger partial charge in [-0.1, -0.05) is 6.42 Å². The van der Waals surface area contributed by atoms with Gasteiger partial charge >= 0.3 is 0 Å². The molecule has 1 fully saturated rings. The van der Waals surface area contributed by atoms with Crippen LogP contribution in [0.5, 0.6) is 0 Å². The summed E-state index contributed by atoms with van der Waals surface area (Å²) in [5, 5.41) is 6.22. The first-order valence-corrected chi connectivity index (χ1v) is 6.47. The van der Waals surface area contributed by atoms with E-state index in [1.54, 1.807) is 0 Å². The molecular weight excluding hydrogens is 218 g/mol. The number of carbonyl (C=O) groups is 2. The third kappa shape index (κ3) is 6.94. The van der Waals surface area contributed by atoms with Gasteiger partial charge in [0.2, 0.25) is 11.8 Å². The minimum Gasteiger partial charge on any atom is -0.370 e. The van der Waals surface area contributed by atoms with Gasteiger partial charge in [-0.15, -0.1) is 0 Å². The van der Waals surface area contributed by atoms with Crippen molar-refractivity contribution in [3.63, 3.8) is 0 Å². The molecule has 0 aliphatic carbocycles. The van der Waals surface area contributed by atoms with Gasteiger partial charge in [0.05, 0.1) is 0 Å². The van der Waals surface area contributed by atoms with E-state index in [-0.39, 0.29) is 11.8 Å². The van der Waals surface area contributed by atoms with E-state index in [4.69, 9.17) is 5.73 Å². The van der Waals surface area contributed by atoms with E-state index in [0.717, 1.165) is 25.8 Å². The lowest BCUT2D eigenvalue weighted by atomic mass is 10.0. The van der Waals surface area contributed by atoms with Crippen LogP contribution in [0.3, 0.4) is 0 Å². The molecule has 0 aromatic heterocycles. The Morgan fingerprint density at radius 3 is 2.76 bits per heavy atom. The summed E-state index contributed by atoms with van der Waals surface area (Å²) in [4.78, 5) is 22.1. The van der Waals surface area contributed by atoms with Gasteiger partial charge in [-0.25, -0.2) is 0 Å². The third-order valence-corrected chi connectivity index (χ3v) is 3.02. The van der Waals surface area contributed by atoms with Crippen LogP contribution in [0.25, 0.3) is 0 Å². The molecule has 1 heterocycles. The number of amides is 2. The number of unbranched alkanes of at least 4 members (excludes halogenated alkanes) is 1. The molecule has 1 unspecified atom stereocenters. The second-order valence-corrected chi connectivity index (χ2v) is 4.62. The fraction of sp³-hybridized carbons (Fsp3) is 0.833. The summed E-state index contributed by atoms with van der Waals surface area (Å²) in [7, 11) is 0. The highest BCUT2D eigenvalue weighted by Crippen LogP contribution is 2.09. The van der Waals surface area contributed by atoms with Crippen LogP contribution >= 0.6 is 0 Å². The summed E-state index contributed by atoms with van der Waals surface area (Å²) >= 11 is 0. The maximum atomic E-state index is 11.6. The van der Waals surface area contributed by atoms with Crippen molar-refractivity contribution in [2.75, 3.05) is 13.1 Å². The molecule has 0 radical (unpaired) electrons. The summed E-state index contributed by atoms with van der Waals surface area (Å²) < 4.78 is 0. The molecule has 5 heteroatoms. The van der Waals surface area contributed by atoms with E-state index >= 15 is 0 Å². The Morgan fingerprint density at radius 2 is 2.12 bits per heavy atom. The average Bonchev–Trinajstić information content (AvgIpc) is 2.29. The second kappa shape index (κ2) is 8.06. The first-order valence-electron chi connectivity index (χ1n) is 6.47. The zero-order valence-corrected chi connectivity index (χ0v) is 10.3. The summed E-state index contributed by atoms with van der Waals surface area (Å²) in [6.07, 6.45) is 6.05. The van der Waals surface area contributed by atoms with Crippen LogP contribution in [0.4, 0.5) is 0 Å². The topological polar surface area (TPSA) is 84.2 Å². The van der Waals surface area contributed by atoms with Crippen molar-refractivity contribution in [3.8, 4) is 0 Å². The van der Waals surface area contributed by atoms with Crippen molar-refractivity contribution in [2.24, 2.45) is 5.73 Å². The lowest BCUT2D eigenvalue weighted by Gasteiger charge is -2.22. The van der Waals surface area contributed by atoms with E-state index < -0.39 is 0 Å². The molecule has 1 rings (SSSR count). The van der Waals surface area contributed by atoms with E-state index in [1.807, 2.05) is 0 Å². The maximum Gasteiger partial charge on any atom is 0.221 e. The highest BCUT2D eigenvalue weighted by atomic mass is 16.1. The quantitative estimate of drug-likeness (QED) is 0.560. The van der Waals surface area contributed by atoms with Crippen molar-refractivity contribution >= 4 is 11.8 Å². The lowest BCUT2D eigenvalue weighted by molar-refractivity contribution is -0.121. The molecule has 0 bridgehead atoms. The van der Waals surface area contributed by atoms with Gasteiger partial charge in [0.25, 0.3) is 0 Å². The fourth-order valence-electron chi connectivity index (χ4n) is 2.05. The van der Waals surface area contributed by atoms with Gasteiger partial charge in [0, 0.05) is 25.4 Å². The molecular formula is C12H23N3O2. The van der Waals surface area contributed by atoms with Crippen molar-refractivity contribution in [3.05, 3.63) is 0 Å². The molecule has 17 heavy (non-hydrogen) atoms. The zero-order valence-electron chi connectivity index (χ0n) is 10.3. The van der Waals surface area contributed by atoms with Crippen LogP contribution in [0.1, 0.15) is 44.9 Å². The first kappa shape index (κ1) is 14.0. The third-order valence-electron chi connectivity index (χ3n) is 3.02. The molecule has 1 aliphatic rings. The summed E-state index contributed by atoms with van der Waals surface area (Å²) in [5.41, 5.74) is 5.02. The van der Waals surface area contributed by atoms with Crippen LogP contribution in [0, 0.1) is 0 Å². The van der Waals surface area contributed by atoms with Crippen molar-refractivity contribution in [1.82, 2.24) is 10.6 Å². The van der Waals surface area contributed by atoms with Crippen molar-refractivity contribution in [1.29, 1.82) is 0 Å². The first-order chi connectivity index (χ1) is 8.18. The van der Waals surface area contributed by atoms with Gasteiger partial charge < -0.3 is 16.4 Å². The second-order valence-electron chi connectivity index (χ2n) is 4.62. The number of carbonyl (C=O) groups excluding carboxylic acids is 2. The Hall–Kier alpha value is -1.10. The maximum absolute atomic E-state index is 11.6. The van der Waals surface area contributed by atoms with E-state index in [0.29, 0.717) is 25.4 Å². The van der Waals surface area contributed by atoms with E-state index in [2.05, 4.69) is 10.6 Å². The van der Waals surface area contributed by atoms with E-state index in [1.165, 1.54) is 12.8 Å². The van der Waals surface area contributed by atoms with Crippen LogP contribution in [0.2, 0.25) is 0 Å². The van der Waals surface area contributed by atoms with Gasteiger partial charge in [-0.2, -0.15) is 0 Å². The summed E-state index contributed by atoms with van der Waals surface area (Å²) in [6.45, 7) is 1.66. The van der Waals surface area contributed by atoms with Crippen LogP contribution in [-0.4, -0.2) is 30.9 Å². The number of nitrogens with two attached hydrogens (primary N) is 1. The van der Waals surface area contributed by atoms with E-state index in [9.17, 15) is 9.59 Å². The van der Waals surface area contributed by atoms with Gasteiger partial charge in [-0.05, 0) is 32.2 Å². The lowest BCUT2D eigenvalue weighted by Crippen LogP contribution is -2.38. The Bertz CT molecular complexity index is 250. The standard InChI is InChI=1S/C12H23N3O2/c13-11(16)6-2-4-8-15-12(17)9-10-5-1-3-7-14-10/h10,14H,1-9H2,(H2,13,16)(H,15,17). The predicted molar refractivity (Wildman–Crippen MR) is 66.3 cm³/mol. The number of hydrogen-bond acceptors (Lipinski definition) is 3. The minimum absolute atomic E-state index is 0.100. The molecule has 4 N–H and O–H groups in total. The molecule has 0 saturated carbocycles. The normalized spacial score (nSPS) is 19.9. The Balaban J connectivity index is 1.98. The number of nitrogens with one attached hydrogen (secondary N) is 2. The highest BCUT2D eigenvalue weighted by molar-refractivity contribution is 5.76. The van der Waals surface area contributed by atoms with Crippen LogP contribution in [0.15, 0.2) is 0 Å². The summed E-state index contributed by atoms with van der Waals surface area (Å²) in [6, 6.07) is 0.342. The smallest absolute Gasteiger partial charge is 0.221 e. The zero-order chi connectivity index (χ0) is 12.5. The number of primary amides is 1. The molecule has 5 nitrogen and oxygen atoms in total. The summed E-state index contributed by atoms with van der Waals surface area (Å²) in [5.74, 6) is -0.175. The van der Waals surface area contributed by atoms with Crippen LogP contribution < -0.4 is 16.4 Å². The Labute approximate surface area is 103 Å². The number of piperidine rings is 1. The molecule has 2 amide bonds. The fourth-order valence-corrected chi connectivity index (χ4v) is 2.05. The largest absolute Gasteiger partial charge is 0.370 e. The highest BCUT2D eigenvalue weighted by Gasteiger charge is 2.15. The van der Waals surface area contributed by atoms with Crippen molar-refractivity contribution < 1.29 is 9.59 Å². The van der Waals surface area contributed by atoms with Crippen LogP contribution in [-0.2, 0) is 9.59 Å². The molecule has 1 aliphatic heterocycles. The molecule has 0 aromatic rings. The number of hydrogen-bond donors (Lipinski definition) is 3. The Kier molecular flexibility index (Phi) is 6.62. The molecule has 98 valence electrons. The van der Waals surface area contributed by atoms with Gasteiger partial charge in [-0.3, -0.25) is 9.59 Å². The minimum atomic E-state index is -0.275. The molecule has 1 saturated heterocycles. The predicted octanol–water partition coefficient (Wildman–Crippen LogP) is 0.290.